The van der Waals surface area contributed by atoms with Crippen molar-refractivity contribution >= 4 is 11.9 Å². The smallest absolute Gasteiger partial charge is 0.313 e. The Balaban J connectivity index is 2.16. The second-order valence-corrected chi connectivity index (χ2v) is 10.4. The van der Waals surface area contributed by atoms with Crippen LogP contribution in [0.4, 0.5) is 0 Å². The zero-order valence-electron chi connectivity index (χ0n) is 21.4. The summed E-state index contributed by atoms with van der Waals surface area (Å²) in [7, 11) is 0. The fourth-order valence-electron chi connectivity index (χ4n) is 3.53. The first kappa shape index (κ1) is 26.9. The van der Waals surface area contributed by atoms with Crippen LogP contribution in [0.2, 0.25) is 0 Å². The van der Waals surface area contributed by atoms with Crippen LogP contribution >= 0.6 is 0 Å². The third-order valence-electron chi connectivity index (χ3n) is 6.81. The van der Waals surface area contributed by atoms with Crippen molar-refractivity contribution < 1.29 is 23.8 Å². The molecule has 1 saturated heterocycles. The lowest BCUT2D eigenvalue weighted by Crippen LogP contribution is -2.42. The van der Waals surface area contributed by atoms with Crippen LogP contribution in [0.5, 0.6) is 0 Å². The summed E-state index contributed by atoms with van der Waals surface area (Å²) in [5, 5.41) is 0. The highest BCUT2D eigenvalue weighted by molar-refractivity contribution is 5.78. The van der Waals surface area contributed by atoms with Gasteiger partial charge in [-0.3, -0.25) is 9.59 Å². The van der Waals surface area contributed by atoms with E-state index in [-0.39, 0.29) is 11.9 Å². The van der Waals surface area contributed by atoms with Gasteiger partial charge in [0.1, 0.15) is 5.60 Å². The highest BCUT2D eigenvalue weighted by atomic mass is 16.6. The predicted octanol–water partition coefficient (Wildman–Crippen LogP) is 5.80. The summed E-state index contributed by atoms with van der Waals surface area (Å²) >= 11 is 0. The summed E-state index contributed by atoms with van der Waals surface area (Å²) in [5.41, 5.74) is -1.95. The van der Waals surface area contributed by atoms with Gasteiger partial charge in [-0.25, -0.2) is 0 Å². The molecule has 0 amide bonds. The zero-order chi connectivity index (χ0) is 24.8. The highest BCUT2D eigenvalue weighted by Crippen LogP contribution is 2.39. The van der Waals surface area contributed by atoms with Gasteiger partial charge in [-0.05, 0) is 53.0 Å². The van der Waals surface area contributed by atoms with E-state index in [1.54, 1.807) is 13.8 Å². The van der Waals surface area contributed by atoms with Crippen molar-refractivity contribution in [3.05, 3.63) is 35.9 Å². The second kappa shape index (κ2) is 10.7. The lowest BCUT2D eigenvalue weighted by Gasteiger charge is -2.39. The standard InChI is InChI=1S/C28H40O5/c1-8-25(3,4)23(29)32-26(5,6)16-13-17-27(7,9-2)24(30)33-28(18-20-31-21-19-28)22-14-11-10-12-15-22/h10-12,14-15H,8-9,17-21H2,1-7H3. The highest BCUT2D eigenvalue weighted by Gasteiger charge is 2.43. The first-order valence-electron chi connectivity index (χ1n) is 12.0. The molecule has 0 radical (unpaired) electrons. The third kappa shape index (κ3) is 6.84. The maximum Gasteiger partial charge on any atom is 0.313 e. The summed E-state index contributed by atoms with van der Waals surface area (Å²) in [5.74, 6) is 5.64. The Morgan fingerprint density at radius 2 is 1.58 bits per heavy atom. The quantitative estimate of drug-likeness (QED) is 0.365. The molecule has 1 aliphatic heterocycles. The molecule has 0 spiro atoms. The second-order valence-electron chi connectivity index (χ2n) is 10.4. The Bertz CT molecular complexity index is 869. The number of carbonyl (C=O) groups excluding carboxylic acids is 2. The number of carbonyl (C=O) groups is 2. The molecule has 1 atom stereocenters. The van der Waals surface area contributed by atoms with Gasteiger partial charge in [0.25, 0.3) is 0 Å². The average molecular weight is 457 g/mol. The molecule has 5 nitrogen and oxygen atoms in total. The number of hydrogen-bond donors (Lipinski definition) is 0. The van der Waals surface area contributed by atoms with Gasteiger partial charge >= 0.3 is 11.9 Å². The van der Waals surface area contributed by atoms with Crippen LogP contribution in [0.25, 0.3) is 0 Å². The number of esters is 2. The van der Waals surface area contributed by atoms with Gasteiger partial charge < -0.3 is 14.2 Å². The molecule has 0 N–H and O–H groups in total. The van der Waals surface area contributed by atoms with Crippen LogP contribution in [-0.4, -0.2) is 30.8 Å². The maximum atomic E-state index is 13.4. The summed E-state index contributed by atoms with van der Waals surface area (Å²) in [4.78, 5) is 25.9. The molecule has 2 rings (SSSR count). The van der Waals surface area contributed by atoms with E-state index in [9.17, 15) is 9.59 Å². The van der Waals surface area contributed by atoms with Gasteiger partial charge in [0.2, 0.25) is 0 Å². The van der Waals surface area contributed by atoms with Crippen LogP contribution < -0.4 is 0 Å². The summed E-state index contributed by atoms with van der Waals surface area (Å²) in [6.07, 6.45) is 2.85. The van der Waals surface area contributed by atoms with Crippen LogP contribution in [0.15, 0.2) is 30.3 Å². The summed E-state index contributed by atoms with van der Waals surface area (Å²) in [6, 6.07) is 9.91. The summed E-state index contributed by atoms with van der Waals surface area (Å²) in [6.45, 7) is 14.2. The first-order chi connectivity index (χ1) is 15.4. The van der Waals surface area contributed by atoms with Crippen LogP contribution in [0.3, 0.4) is 0 Å². The Labute approximate surface area is 199 Å². The fraction of sp³-hybridized carbons (Fsp3) is 0.643. The molecule has 33 heavy (non-hydrogen) atoms. The van der Waals surface area contributed by atoms with Gasteiger partial charge in [0, 0.05) is 19.3 Å². The maximum absolute atomic E-state index is 13.4. The van der Waals surface area contributed by atoms with Crippen molar-refractivity contribution in [2.24, 2.45) is 10.8 Å². The average Bonchev–Trinajstić information content (AvgIpc) is 2.79. The molecule has 1 heterocycles. The number of hydrogen-bond acceptors (Lipinski definition) is 5. The Kier molecular flexibility index (Phi) is 8.76. The van der Waals surface area contributed by atoms with E-state index in [2.05, 4.69) is 11.8 Å². The zero-order valence-corrected chi connectivity index (χ0v) is 21.4. The van der Waals surface area contributed by atoms with Gasteiger partial charge in [-0.2, -0.15) is 0 Å². The van der Waals surface area contributed by atoms with E-state index < -0.39 is 22.0 Å². The minimum atomic E-state index is -0.936. The molecule has 182 valence electrons. The Hall–Kier alpha value is -2.32. The molecule has 1 fully saturated rings. The molecular formula is C28H40O5. The minimum Gasteiger partial charge on any atom is -0.454 e. The molecule has 1 aromatic carbocycles. The molecule has 1 unspecified atom stereocenters. The number of benzene rings is 1. The molecule has 0 saturated carbocycles. The Morgan fingerprint density at radius 3 is 2.12 bits per heavy atom. The first-order valence-corrected chi connectivity index (χ1v) is 12.0. The van der Waals surface area contributed by atoms with E-state index in [4.69, 9.17) is 14.2 Å². The lowest BCUT2D eigenvalue weighted by molar-refractivity contribution is -0.183. The van der Waals surface area contributed by atoms with Crippen molar-refractivity contribution in [2.45, 2.75) is 91.8 Å². The molecule has 1 aromatic rings. The van der Waals surface area contributed by atoms with E-state index in [1.165, 1.54) is 0 Å². The molecule has 1 aliphatic rings. The van der Waals surface area contributed by atoms with Crippen LogP contribution in [0, 0.1) is 22.7 Å². The van der Waals surface area contributed by atoms with Crippen molar-refractivity contribution in [3.8, 4) is 11.8 Å². The molecular weight excluding hydrogens is 416 g/mol. The molecule has 5 heteroatoms. The van der Waals surface area contributed by atoms with Crippen LogP contribution in [-0.2, 0) is 29.4 Å². The third-order valence-corrected chi connectivity index (χ3v) is 6.81. The van der Waals surface area contributed by atoms with Crippen molar-refractivity contribution in [2.75, 3.05) is 13.2 Å². The minimum absolute atomic E-state index is 0.257. The van der Waals surface area contributed by atoms with E-state index in [0.717, 1.165) is 5.56 Å². The van der Waals surface area contributed by atoms with Gasteiger partial charge in [0.15, 0.2) is 5.60 Å². The Morgan fingerprint density at radius 1 is 0.970 bits per heavy atom. The van der Waals surface area contributed by atoms with Crippen molar-refractivity contribution in [3.63, 3.8) is 0 Å². The number of rotatable bonds is 8. The largest absolute Gasteiger partial charge is 0.454 e. The van der Waals surface area contributed by atoms with Gasteiger partial charge in [-0.1, -0.05) is 56.0 Å². The van der Waals surface area contributed by atoms with E-state index in [1.807, 2.05) is 65.0 Å². The monoisotopic (exact) mass is 456 g/mol. The SMILES string of the molecule is CCC(C)(C)C(=O)OC(C)(C)C#CCC(C)(CC)C(=O)OC1(c2ccccc2)CCOCC1. The molecule has 0 aromatic heterocycles. The molecule has 0 aliphatic carbocycles. The number of ether oxygens (including phenoxy) is 3. The predicted molar refractivity (Wildman–Crippen MR) is 129 cm³/mol. The fourth-order valence-corrected chi connectivity index (χ4v) is 3.53. The van der Waals surface area contributed by atoms with E-state index >= 15 is 0 Å². The topological polar surface area (TPSA) is 61.8 Å². The van der Waals surface area contributed by atoms with E-state index in [0.29, 0.717) is 45.3 Å². The lowest BCUT2D eigenvalue weighted by atomic mass is 9.82. The van der Waals surface area contributed by atoms with Crippen molar-refractivity contribution in [1.29, 1.82) is 0 Å². The normalized spacial score (nSPS) is 17.8. The van der Waals surface area contributed by atoms with Gasteiger partial charge in [-0.15, -0.1) is 0 Å². The molecule has 0 bridgehead atoms. The van der Waals surface area contributed by atoms with Crippen LogP contribution in [0.1, 0.15) is 86.1 Å². The van der Waals surface area contributed by atoms with Crippen molar-refractivity contribution in [1.82, 2.24) is 0 Å². The van der Waals surface area contributed by atoms with Gasteiger partial charge in [0.05, 0.1) is 24.0 Å². The summed E-state index contributed by atoms with van der Waals surface area (Å²) < 4.78 is 17.5.